The van der Waals surface area contributed by atoms with Crippen molar-refractivity contribution in [2.75, 3.05) is 17.5 Å². The van der Waals surface area contributed by atoms with Gasteiger partial charge in [-0.2, -0.15) is 5.10 Å². The third-order valence-corrected chi connectivity index (χ3v) is 3.63. The first-order chi connectivity index (χ1) is 11.6. The summed E-state index contributed by atoms with van der Waals surface area (Å²) >= 11 is 0. The first-order valence-electron chi connectivity index (χ1n) is 7.68. The first kappa shape index (κ1) is 15.8. The van der Waals surface area contributed by atoms with Gasteiger partial charge in [-0.05, 0) is 26.0 Å². The van der Waals surface area contributed by atoms with Crippen LogP contribution in [0.5, 0.6) is 0 Å². The summed E-state index contributed by atoms with van der Waals surface area (Å²) in [5.74, 6) is -0.424. The molecule has 0 aliphatic carbocycles. The van der Waals surface area contributed by atoms with Crippen LogP contribution in [0.1, 0.15) is 23.0 Å². The zero-order valence-corrected chi connectivity index (χ0v) is 13.8. The standard InChI is InChI=1S/C17H19N5O2/c1-4-24-17(23)13-10-18-16-14(11(2)21-22(16)3)15(13)20-19-12-8-6-5-7-9-12/h5-10,19H,4H2,1-3H3,(H,18,20). The maximum atomic E-state index is 12.3. The van der Waals surface area contributed by atoms with Crippen molar-refractivity contribution >= 4 is 28.4 Å². The van der Waals surface area contributed by atoms with Crippen molar-refractivity contribution in [1.82, 2.24) is 14.8 Å². The Morgan fingerprint density at radius 1 is 1.25 bits per heavy atom. The fourth-order valence-electron chi connectivity index (χ4n) is 2.56. The number of anilines is 2. The molecule has 0 bridgehead atoms. The molecule has 0 radical (unpaired) electrons. The number of nitrogens with one attached hydrogen (secondary N) is 2. The fraction of sp³-hybridized carbons (Fsp3) is 0.235. The van der Waals surface area contributed by atoms with Gasteiger partial charge in [0, 0.05) is 13.2 Å². The van der Waals surface area contributed by atoms with E-state index >= 15 is 0 Å². The molecule has 0 amide bonds. The Morgan fingerprint density at radius 2 is 2.00 bits per heavy atom. The van der Waals surface area contributed by atoms with Crippen LogP contribution in [-0.2, 0) is 11.8 Å². The van der Waals surface area contributed by atoms with Gasteiger partial charge in [0.25, 0.3) is 0 Å². The molecule has 7 heteroatoms. The molecular formula is C17H19N5O2. The molecule has 0 atom stereocenters. The van der Waals surface area contributed by atoms with Gasteiger partial charge in [0.1, 0.15) is 5.56 Å². The lowest BCUT2D eigenvalue weighted by Crippen LogP contribution is -2.15. The number of fused-ring (bicyclic) bond motifs is 1. The van der Waals surface area contributed by atoms with Gasteiger partial charge < -0.3 is 10.2 Å². The number of benzene rings is 1. The third kappa shape index (κ3) is 2.88. The van der Waals surface area contributed by atoms with Gasteiger partial charge >= 0.3 is 5.97 Å². The van der Waals surface area contributed by atoms with Crippen molar-refractivity contribution in [3.8, 4) is 0 Å². The lowest BCUT2D eigenvalue weighted by Gasteiger charge is -2.14. The molecule has 2 aromatic heterocycles. The molecule has 0 aliphatic heterocycles. The minimum absolute atomic E-state index is 0.300. The van der Waals surface area contributed by atoms with Crippen molar-refractivity contribution in [2.45, 2.75) is 13.8 Å². The first-order valence-corrected chi connectivity index (χ1v) is 7.68. The summed E-state index contributed by atoms with van der Waals surface area (Å²) in [4.78, 5) is 16.6. The highest BCUT2D eigenvalue weighted by Gasteiger charge is 2.20. The Morgan fingerprint density at radius 3 is 2.71 bits per heavy atom. The highest BCUT2D eigenvalue weighted by molar-refractivity contribution is 6.05. The Balaban J connectivity index is 2.06. The molecule has 1 aromatic carbocycles. The molecule has 3 aromatic rings. The van der Waals surface area contributed by atoms with E-state index in [0.717, 1.165) is 16.8 Å². The van der Waals surface area contributed by atoms with Crippen molar-refractivity contribution in [1.29, 1.82) is 0 Å². The number of pyridine rings is 1. The summed E-state index contributed by atoms with van der Waals surface area (Å²) in [6.45, 7) is 3.95. The summed E-state index contributed by atoms with van der Waals surface area (Å²) in [7, 11) is 1.82. The van der Waals surface area contributed by atoms with Crippen LogP contribution in [0.15, 0.2) is 36.5 Å². The summed E-state index contributed by atoms with van der Waals surface area (Å²) in [6.07, 6.45) is 1.51. The zero-order valence-electron chi connectivity index (χ0n) is 13.8. The van der Waals surface area contributed by atoms with Crippen LogP contribution in [0.25, 0.3) is 11.0 Å². The molecular weight excluding hydrogens is 306 g/mol. The molecule has 3 rings (SSSR count). The molecule has 0 fully saturated rings. The molecule has 0 aliphatic rings. The van der Waals surface area contributed by atoms with Crippen LogP contribution >= 0.6 is 0 Å². The SMILES string of the molecule is CCOC(=O)c1cnc2c(c(C)nn2C)c1NNc1ccccc1. The predicted octanol–water partition coefficient (Wildman–Crippen LogP) is 2.89. The van der Waals surface area contributed by atoms with E-state index in [9.17, 15) is 4.79 Å². The molecule has 0 spiro atoms. The smallest absolute Gasteiger partial charge is 0.341 e. The van der Waals surface area contributed by atoms with Crippen LogP contribution in [-0.4, -0.2) is 27.3 Å². The highest BCUT2D eigenvalue weighted by atomic mass is 16.5. The second-order valence-corrected chi connectivity index (χ2v) is 5.29. The Labute approximate surface area is 139 Å². The number of carbonyl (C=O) groups is 1. The number of carbonyl (C=O) groups excluding carboxylic acids is 1. The number of hydrazine groups is 1. The van der Waals surface area contributed by atoms with E-state index in [1.807, 2.05) is 44.3 Å². The normalized spacial score (nSPS) is 10.6. The zero-order chi connectivity index (χ0) is 17.1. The second kappa shape index (κ2) is 6.57. The topological polar surface area (TPSA) is 81.1 Å². The van der Waals surface area contributed by atoms with E-state index in [1.54, 1.807) is 11.6 Å². The van der Waals surface area contributed by atoms with E-state index in [-0.39, 0.29) is 0 Å². The molecule has 0 saturated carbocycles. The minimum atomic E-state index is -0.424. The van der Waals surface area contributed by atoms with Crippen molar-refractivity contribution < 1.29 is 9.53 Å². The highest BCUT2D eigenvalue weighted by Crippen LogP contribution is 2.29. The van der Waals surface area contributed by atoms with Crippen LogP contribution in [0.3, 0.4) is 0 Å². The molecule has 0 unspecified atom stereocenters. The number of ether oxygens (including phenoxy) is 1. The largest absolute Gasteiger partial charge is 0.462 e. The molecule has 124 valence electrons. The van der Waals surface area contributed by atoms with E-state index in [0.29, 0.717) is 23.5 Å². The Bertz CT molecular complexity index is 874. The monoisotopic (exact) mass is 325 g/mol. The number of para-hydroxylation sites is 1. The lowest BCUT2D eigenvalue weighted by atomic mass is 10.1. The molecule has 24 heavy (non-hydrogen) atoms. The van der Waals surface area contributed by atoms with Crippen LogP contribution in [0.2, 0.25) is 0 Å². The Hall–Kier alpha value is -3.09. The number of hydrogen-bond acceptors (Lipinski definition) is 6. The summed E-state index contributed by atoms with van der Waals surface area (Å²) in [5, 5.41) is 5.17. The number of rotatable bonds is 5. The van der Waals surface area contributed by atoms with Crippen LogP contribution in [0.4, 0.5) is 11.4 Å². The van der Waals surface area contributed by atoms with Gasteiger partial charge in [-0.3, -0.25) is 10.1 Å². The quantitative estimate of drug-likeness (QED) is 0.554. The number of aromatic nitrogens is 3. The van der Waals surface area contributed by atoms with Gasteiger partial charge in [0.05, 0.1) is 29.1 Å². The van der Waals surface area contributed by atoms with Gasteiger partial charge in [-0.15, -0.1) is 0 Å². The third-order valence-electron chi connectivity index (χ3n) is 3.63. The minimum Gasteiger partial charge on any atom is -0.462 e. The van der Waals surface area contributed by atoms with Crippen molar-refractivity contribution in [3.63, 3.8) is 0 Å². The van der Waals surface area contributed by atoms with Gasteiger partial charge in [-0.1, -0.05) is 18.2 Å². The summed E-state index contributed by atoms with van der Waals surface area (Å²) < 4.78 is 6.83. The van der Waals surface area contributed by atoms with Crippen molar-refractivity contribution in [2.24, 2.45) is 7.05 Å². The maximum Gasteiger partial charge on any atom is 0.341 e. The Kier molecular flexibility index (Phi) is 4.33. The van der Waals surface area contributed by atoms with Crippen LogP contribution < -0.4 is 10.9 Å². The molecule has 7 nitrogen and oxygen atoms in total. The van der Waals surface area contributed by atoms with E-state index in [1.165, 1.54) is 6.20 Å². The maximum absolute atomic E-state index is 12.3. The predicted molar refractivity (Wildman–Crippen MR) is 92.9 cm³/mol. The number of esters is 1. The number of hydrogen-bond donors (Lipinski definition) is 2. The summed E-state index contributed by atoms with van der Waals surface area (Å²) in [6, 6.07) is 9.63. The molecule has 2 N–H and O–H groups in total. The van der Waals surface area contributed by atoms with Crippen LogP contribution in [0, 0.1) is 6.92 Å². The fourth-order valence-corrected chi connectivity index (χ4v) is 2.56. The lowest BCUT2D eigenvalue weighted by molar-refractivity contribution is 0.0527. The van der Waals surface area contributed by atoms with Gasteiger partial charge in [0.15, 0.2) is 5.65 Å². The number of nitrogens with zero attached hydrogens (tertiary/aromatic N) is 3. The molecule has 2 heterocycles. The van der Waals surface area contributed by atoms with E-state index in [4.69, 9.17) is 4.74 Å². The molecule has 0 saturated heterocycles. The average Bonchev–Trinajstić information content (AvgIpc) is 2.88. The number of aryl methyl sites for hydroxylation is 2. The second-order valence-electron chi connectivity index (χ2n) is 5.29. The van der Waals surface area contributed by atoms with Crippen molar-refractivity contribution in [3.05, 3.63) is 47.8 Å². The van der Waals surface area contributed by atoms with E-state index < -0.39 is 5.97 Å². The van der Waals surface area contributed by atoms with Gasteiger partial charge in [-0.25, -0.2) is 9.78 Å². The summed E-state index contributed by atoms with van der Waals surface area (Å²) in [5.41, 5.74) is 9.54. The van der Waals surface area contributed by atoms with Gasteiger partial charge in [0.2, 0.25) is 0 Å². The average molecular weight is 325 g/mol. The van der Waals surface area contributed by atoms with E-state index in [2.05, 4.69) is 20.9 Å².